The van der Waals surface area contributed by atoms with Crippen LogP contribution in [0.4, 0.5) is 0 Å². The zero-order chi connectivity index (χ0) is 25.7. The second-order valence-electron chi connectivity index (χ2n) is 8.06. The number of carbonyl (C=O) groups is 1. The fourth-order valence-corrected chi connectivity index (χ4v) is 8.08. The maximum Gasteiger partial charge on any atom is 0.360 e. The fraction of sp³-hybridized carbons (Fsp3) is 0.375. The highest BCUT2D eigenvalue weighted by atomic mass is 35.5. The molecule has 190 valence electrons. The van der Waals surface area contributed by atoms with Crippen molar-refractivity contribution in [1.82, 2.24) is 4.72 Å². The van der Waals surface area contributed by atoms with Crippen molar-refractivity contribution in [2.75, 3.05) is 13.2 Å². The van der Waals surface area contributed by atoms with Gasteiger partial charge < -0.3 is 9.05 Å². The summed E-state index contributed by atoms with van der Waals surface area (Å²) in [7, 11) is -8.66. The summed E-state index contributed by atoms with van der Waals surface area (Å²) in [6.07, 6.45) is 3.79. The van der Waals surface area contributed by atoms with Crippen molar-refractivity contribution in [3.8, 4) is 0 Å². The molecule has 0 saturated heterocycles. The van der Waals surface area contributed by atoms with Crippen LogP contribution >= 0.6 is 30.8 Å². The Morgan fingerprint density at radius 2 is 1.51 bits per heavy atom. The topological polar surface area (TPSA) is 98.8 Å². The number of Topliss-reactive ketones (excluding diaryl/α,β-unsaturated/α-hetero) is 1. The molecule has 2 aromatic rings. The van der Waals surface area contributed by atoms with Gasteiger partial charge in [0.25, 0.3) is 0 Å². The molecule has 0 unspecified atom stereocenters. The minimum atomic E-state index is -4.34. The van der Waals surface area contributed by atoms with Gasteiger partial charge in [-0.05, 0) is 43.2 Å². The van der Waals surface area contributed by atoms with Crippen LogP contribution in [0.25, 0.3) is 0 Å². The first-order chi connectivity index (χ1) is 16.6. The molecule has 0 spiro atoms. The molecule has 0 saturated carbocycles. The van der Waals surface area contributed by atoms with Crippen LogP contribution < -0.4 is 4.72 Å². The van der Waals surface area contributed by atoms with Crippen molar-refractivity contribution in [3.05, 3.63) is 75.8 Å². The van der Waals surface area contributed by atoms with Gasteiger partial charge in [-0.25, -0.2) is 8.42 Å². The van der Waals surface area contributed by atoms with Crippen molar-refractivity contribution < 1.29 is 26.8 Å². The smallest absolute Gasteiger partial charge is 0.307 e. The SMILES string of the molecule is CCCCOP(=O)(OCCCC)[C@@]1(NS(=O)(=O)c2ccc(Cl)cc2)C=C(Cl)C(=O)c2ccccc21. The molecule has 1 aliphatic rings. The van der Waals surface area contributed by atoms with E-state index in [1.54, 1.807) is 12.1 Å². The molecule has 0 aliphatic heterocycles. The van der Waals surface area contributed by atoms with Gasteiger partial charge in [0.2, 0.25) is 15.8 Å². The number of unbranched alkanes of at least 4 members (excludes halogenated alkanes) is 2. The molecule has 2 aromatic carbocycles. The van der Waals surface area contributed by atoms with E-state index in [0.29, 0.717) is 17.9 Å². The number of benzene rings is 2. The zero-order valence-corrected chi connectivity index (χ0v) is 22.7. The van der Waals surface area contributed by atoms with Gasteiger partial charge in [0.15, 0.2) is 5.28 Å². The van der Waals surface area contributed by atoms with Gasteiger partial charge in [-0.1, -0.05) is 74.2 Å². The Balaban J connectivity index is 2.26. The fourth-order valence-electron chi connectivity index (χ4n) is 3.61. The van der Waals surface area contributed by atoms with Gasteiger partial charge in [0, 0.05) is 16.1 Å². The number of hydrogen-bond donors (Lipinski definition) is 1. The van der Waals surface area contributed by atoms with E-state index >= 15 is 0 Å². The van der Waals surface area contributed by atoms with Gasteiger partial charge >= 0.3 is 7.60 Å². The molecule has 0 fully saturated rings. The first-order valence-electron chi connectivity index (χ1n) is 11.3. The van der Waals surface area contributed by atoms with E-state index in [1.165, 1.54) is 36.4 Å². The van der Waals surface area contributed by atoms with Crippen LogP contribution in [-0.2, 0) is 28.9 Å². The molecule has 0 bridgehead atoms. The minimum absolute atomic E-state index is 0.0614. The van der Waals surface area contributed by atoms with E-state index in [9.17, 15) is 17.8 Å². The summed E-state index contributed by atoms with van der Waals surface area (Å²) in [5, 5.41) is -2.01. The Morgan fingerprint density at radius 1 is 0.943 bits per heavy atom. The van der Waals surface area contributed by atoms with Gasteiger partial charge in [-0.15, -0.1) is 0 Å². The molecular formula is C24H28Cl2NO6PS. The molecule has 1 aliphatic carbocycles. The number of rotatable bonds is 12. The van der Waals surface area contributed by atoms with Gasteiger partial charge in [0.1, 0.15) is 0 Å². The van der Waals surface area contributed by atoms with Crippen LogP contribution in [0.15, 0.2) is 64.5 Å². The number of allylic oxidation sites excluding steroid dienone is 1. The van der Waals surface area contributed by atoms with E-state index in [-0.39, 0.29) is 34.3 Å². The van der Waals surface area contributed by atoms with Crippen molar-refractivity contribution in [1.29, 1.82) is 0 Å². The molecule has 35 heavy (non-hydrogen) atoms. The van der Waals surface area contributed by atoms with Crippen LogP contribution in [0.3, 0.4) is 0 Å². The predicted molar refractivity (Wildman–Crippen MR) is 137 cm³/mol. The van der Waals surface area contributed by atoms with Gasteiger partial charge in [0.05, 0.1) is 23.1 Å². The van der Waals surface area contributed by atoms with Crippen LogP contribution in [0, 0.1) is 0 Å². The molecule has 7 nitrogen and oxygen atoms in total. The van der Waals surface area contributed by atoms with Crippen molar-refractivity contribution in [2.45, 2.75) is 49.7 Å². The van der Waals surface area contributed by atoms with Crippen LogP contribution in [0.1, 0.15) is 55.5 Å². The Morgan fingerprint density at radius 3 is 2.09 bits per heavy atom. The third kappa shape index (κ3) is 5.91. The molecule has 1 N–H and O–H groups in total. The number of ketones is 1. The predicted octanol–water partition coefficient (Wildman–Crippen LogP) is 6.62. The number of fused-ring (bicyclic) bond motifs is 1. The maximum atomic E-state index is 14.6. The summed E-state index contributed by atoms with van der Waals surface area (Å²) < 4.78 is 56.1. The molecule has 0 heterocycles. The lowest BCUT2D eigenvalue weighted by molar-refractivity contribution is 0.103. The number of carbonyl (C=O) groups excluding carboxylic acids is 1. The number of sulfonamides is 1. The molecular weight excluding hydrogens is 532 g/mol. The Bertz CT molecular complexity index is 1230. The normalized spacial score (nSPS) is 18.3. The van der Waals surface area contributed by atoms with Crippen LogP contribution in [0.2, 0.25) is 5.02 Å². The third-order valence-corrected chi connectivity index (χ3v) is 10.1. The lowest BCUT2D eigenvalue weighted by Crippen LogP contribution is -2.47. The summed E-state index contributed by atoms with van der Waals surface area (Å²) in [6.45, 7) is 4.00. The Hall–Kier alpha value is -1.51. The van der Waals surface area contributed by atoms with Crippen molar-refractivity contribution >= 4 is 46.6 Å². The summed E-state index contributed by atoms with van der Waals surface area (Å²) >= 11 is 12.3. The highest BCUT2D eigenvalue weighted by Crippen LogP contribution is 2.66. The van der Waals surface area contributed by atoms with E-state index in [2.05, 4.69) is 4.72 Å². The largest absolute Gasteiger partial charge is 0.360 e. The molecule has 0 aromatic heterocycles. The summed E-state index contributed by atoms with van der Waals surface area (Å²) in [4.78, 5) is 12.7. The molecule has 0 radical (unpaired) electrons. The zero-order valence-electron chi connectivity index (χ0n) is 19.5. The summed E-state index contributed by atoms with van der Waals surface area (Å²) in [6, 6.07) is 11.8. The summed E-state index contributed by atoms with van der Waals surface area (Å²) in [5.74, 6) is -0.516. The minimum Gasteiger partial charge on any atom is -0.307 e. The highest BCUT2D eigenvalue weighted by molar-refractivity contribution is 7.90. The average molecular weight is 560 g/mol. The van der Waals surface area contributed by atoms with E-state index in [1.807, 2.05) is 13.8 Å². The highest BCUT2D eigenvalue weighted by Gasteiger charge is 2.57. The number of hydrogen-bond acceptors (Lipinski definition) is 6. The second-order valence-corrected chi connectivity index (χ2v) is 12.8. The Labute approximate surface area is 216 Å². The van der Waals surface area contributed by atoms with E-state index in [0.717, 1.165) is 18.9 Å². The molecule has 1 atom stereocenters. The monoisotopic (exact) mass is 559 g/mol. The number of halogens is 2. The maximum absolute atomic E-state index is 14.6. The second kappa shape index (κ2) is 11.7. The van der Waals surface area contributed by atoms with Gasteiger partial charge in [-0.3, -0.25) is 9.36 Å². The summed E-state index contributed by atoms with van der Waals surface area (Å²) in [5.41, 5.74) is 0.250. The van der Waals surface area contributed by atoms with Crippen LogP contribution in [0.5, 0.6) is 0 Å². The first kappa shape index (κ1) is 28.1. The average Bonchev–Trinajstić information content (AvgIpc) is 2.83. The quantitative estimate of drug-likeness (QED) is 0.232. The molecule has 3 rings (SSSR count). The number of nitrogens with one attached hydrogen (secondary N) is 1. The van der Waals surface area contributed by atoms with Crippen LogP contribution in [-0.4, -0.2) is 27.4 Å². The van der Waals surface area contributed by atoms with E-state index in [4.69, 9.17) is 32.2 Å². The Kier molecular flexibility index (Phi) is 9.38. The van der Waals surface area contributed by atoms with Gasteiger partial charge in [-0.2, -0.15) is 4.72 Å². The molecule has 0 amide bonds. The third-order valence-electron chi connectivity index (χ3n) is 5.50. The standard InChI is InChI=1S/C24H28Cl2NO6PS/c1-3-5-15-32-34(29,33-16-6-4-2)24(27-35(30,31)19-13-11-18(25)12-14-19)17-22(26)23(28)20-9-7-8-10-21(20)24/h7-14,17,27H,3-6,15-16H2,1-2H3/t24-/m0/s1. The van der Waals surface area contributed by atoms with Crippen molar-refractivity contribution in [2.24, 2.45) is 0 Å². The molecule has 11 heteroatoms. The lowest BCUT2D eigenvalue weighted by atomic mass is 9.92. The van der Waals surface area contributed by atoms with E-state index < -0.39 is 28.7 Å². The first-order valence-corrected chi connectivity index (χ1v) is 15.1. The van der Waals surface area contributed by atoms with Crippen molar-refractivity contribution in [3.63, 3.8) is 0 Å². The lowest BCUT2D eigenvalue weighted by Gasteiger charge is -2.40.